The van der Waals surface area contributed by atoms with Crippen molar-refractivity contribution >= 4 is 23.0 Å². The van der Waals surface area contributed by atoms with Gasteiger partial charge in [-0.2, -0.15) is 13.5 Å². The van der Waals surface area contributed by atoms with Crippen LogP contribution in [0.15, 0.2) is 36.7 Å². The minimum absolute atomic E-state index is 0.00191. The molecule has 0 unspecified atom stereocenters. The number of nitrogens with two attached hydrogens (primary N) is 1. The van der Waals surface area contributed by atoms with Gasteiger partial charge in [0.25, 0.3) is 0 Å². The van der Waals surface area contributed by atoms with Gasteiger partial charge in [-0.3, -0.25) is 0 Å². The second kappa shape index (κ2) is 6.75. The van der Waals surface area contributed by atoms with Gasteiger partial charge in [-0.25, -0.2) is 14.8 Å². The van der Waals surface area contributed by atoms with E-state index in [0.29, 0.717) is 0 Å². The molecule has 4 rings (SSSR count). The molecule has 146 valence electrons. The fourth-order valence-electron chi connectivity index (χ4n) is 3.10. The second-order valence-electron chi connectivity index (χ2n) is 6.27. The molecule has 0 amide bonds. The Balaban J connectivity index is 1.67. The Kier molecular flexibility index (Phi) is 4.38. The SMILES string of the molecule is CC[C@H]1O[C@@H](n2nnc3c(N)ncnc32)C(F)(F)[C@@H]1OC(=O)c1ccccc1. The highest BCUT2D eigenvalue weighted by atomic mass is 19.3. The topological polar surface area (TPSA) is 118 Å². The van der Waals surface area contributed by atoms with Crippen LogP contribution >= 0.6 is 0 Å². The molecule has 0 aliphatic carbocycles. The number of nitrogens with zero attached hydrogens (tertiary/aromatic N) is 5. The molecule has 1 aliphatic heterocycles. The van der Waals surface area contributed by atoms with Crippen LogP contribution in [0.2, 0.25) is 0 Å². The summed E-state index contributed by atoms with van der Waals surface area (Å²) in [5, 5.41) is 7.47. The van der Waals surface area contributed by atoms with Crippen molar-refractivity contribution in [2.75, 3.05) is 5.73 Å². The summed E-state index contributed by atoms with van der Waals surface area (Å²) in [6.45, 7) is 1.66. The molecule has 3 aromatic rings. The van der Waals surface area contributed by atoms with Gasteiger partial charge < -0.3 is 15.2 Å². The van der Waals surface area contributed by atoms with E-state index in [9.17, 15) is 4.79 Å². The van der Waals surface area contributed by atoms with Crippen molar-refractivity contribution in [2.24, 2.45) is 0 Å². The number of fused-ring (bicyclic) bond motifs is 1. The Morgan fingerprint density at radius 2 is 2.07 bits per heavy atom. The van der Waals surface area contributed by atoms with Crippen molar-refractivity contribution in [3.05, 3.63) is 42.2 Å². The van der Waals surface area contributed by atoms with Crippen LogP contribution in [0.1, 0.15) is 29.9 Å². The lowest BCUT2D eigenvalue weighted by Crippen LogP contribution is -2.42. The minimum Gasteiger partial charge on any atom is -0.449 e. The Morgan fingerprint density at radius 1 is 1.32 bits per heavy atom. The zero-order valence-electron chi connectivity index (χ0n) is 14.7. The lowest BCUT2D eigenvalue weighted by atomic mass is 10.1. The van der Waals surface area contributed by atoms with Gasteiger partial charge in [0, 0.05) is 0 Å². The van der Waals surface area contributed by atoms with Crippen LogP contribution in [-0.2, 0) is 9.47 Å². The average Bonchev–Trinajstić information content (AvgIpc) is 3.22. The van der Waals surface area contributed by atoms with E-state index in [1.165, 1.54) is 12.1 Å². The van der Waals surface area contributed by atoms with Gasteiger partial charge in [0.15, 0.2) is 23.1 Å². The fraction of sp³-hybridized carbons (Fsp3) is 0.353. The molecule has 2 aromatic heterocycles. The summed E-state index contributed by atoms with van der Waals surface area (Å²) >= 11 is 0. The lowest BCUT2D eigenvalue weighted by Gasteiger charge is -2.23. The third-order valence-electron chi connectivity index (χ3n) is 4.51. The molecule has 9 nitrogen and oxygen atoms in total. The monoisotopic (exact) mass is 390 g/mol. The summed E-state index contributed by atoms with van der Waals surface area (Å²) in [4.78, 5) is 20.0. The first-order valence-corrected chi connectivity index (χ1v) is 8.54. The molecular formula is C17H16F2N6O3. The summed E-state index contributed by atoms with van der Waals surface area (Å²) < 4.78 is 41.9. The van der Waals surface area contributed by atoms with Crippen LogP contribution in [0.25, 0.3) is 11.2 Å². The van der Waals surface area contributed by atoms with Gasteiger partial charge in [0.1, 0.15) is 12.4 Å². The minimum atomic E-state index is -3.58. The number of carbonyl (C=O) groups excluding carboxylic acids is 1. The summed E-state index contributed by atoms with van der Waals surface area (Å²) in [5.74, 6) is -4.43. The van der Waals surface area contributed by atoms with E-state index in [1.54, 1.807) is 25.1 Å². The molecule has 28 heavy (non-hydrogen) atoms. The Hall–Kier alpha value is -3.21. The van der Waals surface area contributed by atoms with Crippen molar-refractivity contribution in [1.82, 2.24) is 25.0 Å². The number of nitrogen functional groups attached to an aromatic ring is 1. The molecule has 0 saturated carbocycles. The molecule has 3 atom stereocenters. The summed E-state index contributed by atoms with van der Waals surface area (Å²) in [6.07, 6.45) is -3.37. The number of ether oxygens (including phenoxy) is 2. The third-order valence-corrected chi connectivity index (χ3v) is 4.51. The van der Waals surface area contributed by atoms with Gasteiger partial charge in [0.05, 0.1) is 5.56 Å². The highest BCUT2D eigenvalue weighted by molar-refractivity contribution is 5.89. The number of halogens is 2. The van der Waals surface area contributed by atoms with Crippen LogP contribution in [0.3, 0.4) is 0 Å². The maximum absolute atomic E-state index is 15.2. The lowest BCUT2D eigenvalue weighted by molar-refractivity contribution is -0.144. The molecule has 2 N–H and O–H groups in total. The van der Waals surface area contributed by atoms with Crippen molar-refractivity contribution in [1.29, 1.82) is 0 Å². The van der Waals surface area contributed by atoms with Crippen LogP contribution in [0.4, 0.5) is 14.6 Å². The van der Waals surface area contributed by atoms with Crippen LogP contribution < -0.4 is 5.73 Å². The second-order valence-corrected chi connectivity index (χ2v) is 6.27. The number of anilines is 1. The first-order valence-electron chi connectivity index (χ1n) is 8.54. The predicted octanol–water partition coefficient (Wildman–Crippen LogP) is 1.97. The Bertz CT molecular complexity index is 1010. The van der Waals surface area contributed by atoms with E-state index in [2.05, 4.69) is 20.3 Å². The van der Waals surface area contributed by atoms with Crippen molar-refractivity contribution in [3.63, 3.8) is 0 Å². The molecule has 1 saturated heterocycles. The Labute approximate surface area is 157 Å². The summed E-state index contributed by atoms with van der Waals surface area (Å²) in [6, 6.07) is 7.91. The maximum Gasteiger partial charge on any atom is 0.338 e. The number of hydrogen-bond acceptors (Lipinski definition) is 8. The molecule has 1 fully saturated rings. The van der Waals surface area contributed by atoms with E-state index < -0.39 is 30.3 Å². The number of benzene rings is 1. The van der Waals surface area contributed by atoms with Crippen molar-refractivity contribution in [3.8, 4) is 0 Å². The fourth-order valence-corrected chi connectivity index (χ4v) is 3.10. The van der Waals surface area contributed by atoms with Crippen molar-refractivity contribution < 1.29 is 23.0 Å². The molecular weight excluding hydrogens is 374 g/mol. The molecule has 11 heteroatoms. The van der Waals surface area contributed by atoms with Crippen LogP contribution in [-0.4, -0.2) is 49.1 Å². The number of aromatic nitrogens is 5. The number of esters is 1. The van der Waals surface area contributed by atoms with Gasteiger partial charge in [-0.1, -0.05) is 30.3 Å². The zero-order chi connectivity index (χ0) is 19.9. The quantitative estimate of drug-likeness (QED) is 0.672. The highest BCUT2D eigenvalue weighted by Gasteiger charge is 2.62. The van der Waals surface area contributed by atoms with Crippen LogP contribution in [0, 0.1) is 0 Å². The summed E-state index contributed by atoms with van der Waals surface area (Å²) in [5.41, 5.74) is 5.94. The first-order chi connectivity index (χ1) is 13.4. The molecule has 0 spiro atoms. The molecule has 3 heterocycles. The third kappa shape index (κ3) is 2.83. The van der Waals surface area contributed by atoms with Crippen LogP contribution in [0.5, 0.6) is 0 Å². The van der Waals surface area contributed by atoms with E-state index >= 15 is 8.78 Å². The van der Waals surface area contributed by atoms with E-state index in [0.717, 1.165) is 11.0 Å². The smallest absolute Gasteiger partial charge is 0.338 e. The first kappa shape index (κ1) is 18.2. The molecule has 0 radical (unpaired) electrons. The number of carbonyl (C=O) groups is 1. The predicted molar refractivity (Wildman–Crippen MR) is 92.3 cm³/mol. The Morgan fingerprint density at radius 3 is 2.79 bits per heavy atom. The van der Waals surface area contributed by atoms with E-state index in [-0.39, 0.29) is 29.0 Å². The van der Waals surface area contributed by atoms with Crippen molar-refractivity contribution in [2.45, 2.75) is 37.7 Å². The molecule has 1 aliphatic rings. The van der Waals surface area contributed by atoms with E-state index in [4.69, 9.17) is 15.2 Å². The molecule has 1 aromatic carbocycles. The van der Waals surface area contributed by atoms with Gasteiger partial charge in [-0.15, -0.1) is 5.10 Å². The largest absolute Gasteiger partial charge is 0.449 e. The van der Waals surface area contributed by atoms with Gasteiger partial charge in [-0.05, 0) is 18.6 Å². The normalized spacial score (nSPS) is 23.8. The molecule has 0 bridgehead atoms. The van der Waals surface area contributed by atoms with E-state index in [1.807, 2.05) is 0 Å². The number of hydrogen-bond donors (Lipinski definition) is 1. The van der Waals surface area contributed by atoms with Gasteiger partial charge in [0.2, 0.25) is 6.23 Å². The van der Waals surface area contributed by atoms with Gasteiger partial charge >= 0.3 is 11.9 Å². The average molecular weight is 390 g/mol. The summed E-state index contributed by atoms with van der Waals surface area (Å²) in [7, 11) is 0. The number of alkyl halides is 2. The zero-order valence-corrected chi connectivity index (χ0v) is 14.7. The standard InChI is InChI=1S/C17H16F2N6O3/c1-2-10-12(28-15(26)9-6-4-3-5-7-9)17(18,19)16(27-10)25-14-11(23-24-25)13(20)21-8-22-14/h3-8,10,12,16H,2H2,1H3,(H2,20,21,22)/t10-,12-,16-/m1/s1. The number of rotatable bonds is 4. The maximum atomic E-state index is 15.2. The highest BCUT2D eigenvalue weighted by Crippen LogP contribution is 2.46.